The topological polar surface area (TPSA) is 64.1 Å². The van der Waals surface area contributed by atoms with Crippen LogP contribution in [0.5, 0.6) is 0 Å². The fourth-order valence-electron chi connectivity index (χ4n) is 2.29. The van der Waals surface area contributed by atoms with E-state index >= 15 is 0 Å². The van der Waals surface area contributed by atoms with Gasteiger partial charge in [-0.05, 0) is 19.3 Å². The molecule has 0 fully saturated rings. The maximum atomic E-state index is 12.8. The number of nitrogens with zero attached hydrogens (tertiary/aromatic N) is 2. The average Bonchev–Trinajstić information content (AvgIpc) is 2.59. The minimum atomic E-state index is -4.49. The third-order valence-electron chi connectivity index (χ3n) is 2.98. The number of fused-ring (bicyclic) bond motifs is 1. The summed E-state index contributed by atoms with van der Waals surface area (Å²) in [6.45, 7) is -0.161. The van der Waals surface area contributed by atoms with E-state index in [0.717, 1.165) is 6.42 Å². The first-order valence-corrected chi connectivity index (χ1v) is 5.48. The number of rotatable bonds is 2. The van der Waals surface area contributed by atoms with Gasteiger partial charge in [0.15, 0.2) is 5.69 Å². The highest BCUT2D eigenvalue weighted by atomic mass is 19.4. The fraction of sp³-hybridized carbons (Fsp3) is 0.700. The Hall–Kier alpha value is -1.08. The highest BCUT2D eigenvalue weighted by Crippen LogP contribution is 2.39. The van der Waals surface area contributed by atoms with Crippen LogP contribution in [-0.2, 0) is 19.1 Å². The molecule has 17 heavy (non-hydrogen) atoms. The summed E-state index contributed by atoms with van der Waals surface area (Å²) in [6.07, 6.45) is -2.66. The van der Waals surface area contributed by atoms with E-state index in [1.54, 1.807) is 0 Å². The minimum absolute atomic E-state index is 0.0745. The van der Waals surface area contributed by atoms with Crippen LogP contribution in [0.4, 0.5) is 13.2 Å². The van der Waals surface area contributed by atoms with E-state index in [1.807, 2.05) is 0 Å². The van der Waals surface area contributed by atoms with Crippen LogP contribution in [0.2, 0.25) is 0 Å². The standard InChI is InChI=1S/C10H14F3N3O/c11-10(12,13)9-8-6(14)2-1-3-7(8)16(15-9)4-5-17/h6,17H,1-5,14H2. The van der Waals surface area contributed by atoms with E-state index in [4.69, 9.17) is 10.8 Å². The highest BCUT2D eigenvalue weighted by molar-refractivity contribution is 5.33. The van der Waals surface area contributed by atoms with Gasteiger partial charge < -0.3 is 10.8 Å². The first kappa shape index (κ1) is 12.4. The molecule has 1 heterocycles. The molecular weight excluding hydrogens is 235 g/mol. The van der Waals surface area contributed by atoms with Crippen LogP contribution >= 0.6 is 0 Å². The third-order valence-corrected chi connectivity index (χ3v) is 2.98. The van der Waals surface area contributed by atoms with Gasteiger partial charge in [-0.3, -0.25) is 4.68 Å². The smallest absolute Gasteiger partial charge is 0.394 e. The monoisotopic (exact) mass is 249 g/mol. The number of aliphatic hydroxyl groups excluding tert-OH is 1. The normalized spacial score (nSPS) is 20.4. The van der Waals surface area contributed by atoms with Crippen molar-refractivity contribution in [1.82, 2.24) is 9.78 Å². The molecule has 1 unspecified atom stereocenters. The molecule has 1 aromatic rings. The molecule has 1 aliphatic carbocycles. The fourth-order valence-corrected chi connectivity index (χ4v) is 2.29. The van der Waals surface area contributed by atoms with Crippen molar-refractivity contribution in [2.24, 2.45) is 5.73 Å². The number of halogens is 3. The molecule has 0 spiro atoms. The molecule has 4 nitrogen and oxygen atoms in total. The van der Waals surface area contributed by atoms with Crippen molar-refractivity contribution >= 4 is 0 Å². The second-order valence-corrected chi connectivity index (χ2v) is 4.15. The molecule has 1 aliphatic rings. The second-order valence-electron chi connectivity index (χ2n) is 4.15. The zero-order chi connectivity index (χ0) is 12.6. The van der Waals surface area contributed by atoms with E-state index in [2.05, 4.69) is 5.10 Å². The molecule has 1 atom stereocenters. The van der Waals surface area contributed by atoms with Gasteiger partial charge in [-0.25, -0.2) is 0 Å². The Labute approximate surface area is 96.2 Å². The van der Waals surface area contributed by atoms with Crippen LogP contribution in [0.3, 0.4) is 0 Å². The summed E-state index contributed by atoms with van der Waals surface area (Å²) in [7, 11) is 0. The quantitative estimate of drug-likeness (QED) is 0.828. The number of hydrogen-bond acceptors (Lipinski definition) is 3. The van der Waals surface area contributed by atoms with E-state index in [9.17, 15) is 13.2 Å². The van der Waals surface area contributed by atoms with Crippen LogP contribution < -0.4 is 5.73 Å². The third kappa shape index (κ3) is 2.16. The van der Waals surface area contributed by atoms with Crippen LogP contribution in [0.25, 0.3) is 0 Å². The SMILES string of the molecule is NC1CCCc2c1c(C(F)(F)F)nn2CCO. The Balaban J connectivity index is 2.53. The lowest BCUT2D eigenvalue weighted by Crippen LogP contribution is -2.21. The van der Waals surface area contributed by atoms with Gasteiger partial charge in [0.05, 0.1) is 13.2 Å². The lowest BCUT2D eigenvalue weighted by Gasteiger charge is -2.20. The molecule has 7 heteroatoms. The number of hydrogen-bond donors (Lipinski definition) is 2. The summed E-state index contributed by atoms with van der Waals surface area (Å²) in [5, 5.41) is 12.4. The van der Waals surface area contributed by atoms with Crippen LogP contribution in [-0.4, -0.2) is 21.5 Å². The predicted octanol–water partition coefficient (Wildman–Crippen LogP) is 1.23. The molecule has 1 aromatic heterocycles. The maximum Gasteiger partial charge on any atom is 0.435 e. The molecule has 0 radical (unpaired) electrons. The van der Waals surface area contributed by atoms with Crippen molar-refractivity contribution in [2.75, 3.05) is 6.61 Å². The Kier molecular flexibility index (Phi) is 3.13. The maximum absolute atomic E-state index is 12.8. The summed E-state index contributed by atoms with van der Waals surface area (Å²) in [6, 6.07) is -0.609. The molecule has 0 aromatic carbocycles. The summed E-state index contributed by atoms with van der Waals surface area (Å²) in [4.78, 5) is 0. The average molecular weight is 249 g/mol. The van der Waals surface area contributed by atoms with Crippen molar-refractivity contribution in [1.29, 1.82) is 0 Å². The predicted molar refractivity (Wildman–Crippen MR) is 54.2 cm³/mol. The summed E-state index contributed by atoms with van der Waals surface area (Å²) in [5.74, 6) is 0. The van der Waals surface area contributed by atoms with Gasteiger partial charge in [0.25, 0.3) is 0 Å². The largest absolute Gasteiger partial charge is 0.435 e. The molecule has 0 saturated carbocycles. The number of alkyl halides is 3. The van der Waals surface area contributed by atoms with Crippen molar-refractivity contribution in [3.8, 4) is 0 Å². The molecule has 96 valence electrons. The Morgan fingerprint density at radius 1 is 1.47 bits per heavy atom. The van der Waals surface area contributed by atoms with Crippen LogP contribution in [0.1, 0.15) is 35.8 Å². The molecule has 0 saturated heterocycles. The van der Waals surface area contributed by atoms with Crippen molar-refractivity contribution in [3.63, 3.8) is 0 Å². The van der Waals surface area contributed by atoms with Gasteiger partial charge in [0.1, 0.15) is 0 Å². The number of aromatic nitrogens is 2. The van der Waals surface area contributed by atoms with Crippen molar-refractivity contribution in [2.45, 2.75) is 38.0 Å². The lowest BCUT2D eigenvalue weighted by atomic mass is 9.91. The van der Waals surface area contributed by atoms with Gasteiger partial charge in [-0.1, -0.05) is 0 Å². The van der Waals surface area contributed by atoms with Crippen LogP contribution in [0.15, 0.2) is 0 Å². The minimum Gasteiger partial charge on any atom is -0.394 e. The Morgan fingerprint density at radius 2 is 2.18 bits per heavy atom. The van der Waals surface area contributed by atoms with Gasteiger partial charge in [0, 0.05) is 17.3 Å². The van der Waals surface area contributed by atoms with Crippen molar-refractivity contribution < 1.29 is 18.3 Å². The Bertz CT molecular complexity index is 414. The lowest BCUT2D eigenvalue weighted by molar-refractivity contribution is -0.142. The molecule has 3 N–H and O–H groups in total. The van der Waals surface area contributed by atoms with E-state index in [-0.39, 0.29) is 18.7 Å². The Morgan fingerprint density at radius 3 is 2.76 bits per heavy atom. The van der Waals surface area contributed by atoms with Gasteiger partial charge in [0.2, 0.25) is 0 Å². The second kappa shape index (κ2) is 4.30. The summed E-state index contributed by atoms with van der Waals surface area (Å²) >= 11 is 0. The van der Waals surface area contributed by atoms with E-state index in [0.29, 0.717) is 18.5 Å². The highest BCUT2D eigenvalue weighted by Gasteiger charge is 2.41. The van der Waals surface area contributed by atoms with E-state index < -0.39 is 17.9 Å². The first-order chi connectivity index (χ1) is 7.95. The molecule has 0 amide bonds. The van der Waals surface area contributed by atoms with Crippen LogP contribution in [0, 0.1) is 0 Å². The zero-order valence-corrected chi connectivity index (χ0v) is 9.17. The number of nitrogens with two attached hydrogens (primary N) is 1. The summed E-state index contributed by atoms with van der Waals surface area (Å²) < 4.78 is 39.7. The molecule has 2 rings (SSSR count). The zero-order valence-electron chi connectivity index (χ0n) is 9.17. The van der Waals surface area contributed by atoms with Gasteiger partial charge in [-0.15, -0.1) is 0 Å². The van der Waals surface area contributed by atoms with E-state index in [1.165, 1.54) is 4.68 Å². The first-order valence-electron chi connectivity index (χ1n) is 5.48. The molecule has 0 bridgehead atoms. The molecular formula is C10H14F3N3O. The summed E-state index contributed by atoms with van der Waals surface area (Å²) in [5.41, 5.74) is 5.47. The van der Waals surface area contributed by atoms with Gasteiger partial charge >= 0.3 is 6.18 Å². The van der Waals surface area contributed by atoms with Gasteiger partial charge in [-0.2, -0.15) is 18.3 Å². The molecule has 0 aliphatic heterocycles. The number of aliphatic hydroxyl groups is 1. The van der Waals surface area contributed by atoms with Crippen molar-refractivity contribution in [3.05, 3.63) is 17.0 Å².